The lowest BCUT2D eigenvalue weighted by Crippen LogP contribution is -2.47. The number of nitrogens with zero attached hydrogens (tertiary/aromatic N) is 2. The molecule has 0 radical (unpaired) electrons. The number of sulfonamides is 1. The van der Waals surface area contributed by atoms with Crippen LogP contribution < -0.4 is 0 Å². The number of hydrogen-bond donors (Lipinski definition) is 2. The van der Waals surface area contributed by atoms with Crippen LogP contribution in [-0.2, 0) is 36.8 Å². The Morgan fingerprint density at radius 1 is 0.920 bits per heavy atom. The highest BCUT2D eigenvalue weighted by molar-refractivity contribution is 7.88. The number of benzene rings is 1. The van der Waals surface area contributed by atoms with Crippen molar-refractivity contribution in [3.63, 3.8) is 0 Å². The summed E-state index contributed by atoms with van der Waals surface area (Å²) in [4.78, 5) is 0.512. The minimum atomic E-state index is -4.71. The zero-order chi connectivity index (χ0) is 19.0. The van der Waals surface area contributed by atoms with E-state index in [0.717, 1.165) is 12.3 Å². The first-order chi connectivity index (χ1) is 11.3. The van der Waals surface area contributed by atoms with E-state index in [0.29, 0.717) is 19.2 Å². The highest BCUT2D eigenvalue weighted by Gasteiger charge is 2.26. The van der Waals surface area contributed by atoms with Gasteiger partial charge in [0.05, 0.1) is 16.0 Å². The van der Waals surface area contributed by atoms with E-state index in [-0.39, 0.29) is 25.2 Å². The third kappa shape index (κ3) is 5.20. The zero-order valence-corrected chi connectivity index (χ0v) is 15.7. The number of piperazine rings is 1. The van der Waals surface area contributed by atoms with Gasteiger partial charge in [0.25, 0.3) is 20.2 Å². The topological polar surface area (TPSA) is 149 Å². The summed E-state index contributed by atoms with van der Waals surface area (Å²) in [6.07, 6.45) is 1.10. The highest BCUT2D eigenvalue weighted by Crippen LogP contribution is 2.22. The van der Waals surface area contributed by atoms with E-state index in [1.54, 1.807) is 4.90 Å². The van der Waals surface area contributed by atoms with Gasteiger partial charge in [-0.05, 0) is 17.7 Å². The Labute approximate surface area is 146 Å². The lowest BCUT2D eigenvalue weighted by Gasteiger charge is -2.33. The summed E-state index contributed by atoms with van der Waals surface area (Å²) < 4.78 is 88.0. The Bertz CT molecular complexity index is 962. The van der Waals surface area contributed by atoms with Crippen LogP contribution in [0, 0.1) is 0 Å². The van der Waals surface area contributed by atoms with Crippen molar-refractivity contribution in [3.8, 4) is 0 Å². The summed E-state index contributed by atoms with van der Waals surface area (Å²) in [5, 5.41) is 0. The molecule has 1 aromatic rings. The van der Waals surface area contributed by atoms with Crippen LogP contribution in [0.25, 0.3) is 0 Å². The Morgan fingerprint density at radius 2 is 1.48 bits per heavy atom. The van der Waals surface area contributed by atoms with Crippen LogP contribution in [0.1, 0.15) is 5.56 Å². The maximum absolute atomic E-state index is 11.5. The van der Waals surface area contributed by atoms with Crippen molar-refractivity contribution >= 4 is 30.3 Å². The van der Waals surface area contributed by atoms with Crippen LogP contribution in [-0.4, -0.2) is 76.0 Å². The van der Waals surface area contributed by atoms with Crippen molar-refractivity contribution in [1.29, 1.82) is 0 Å². The molecule has 1 aliphatic heterocycles. The molecule has 0 aliphatic carbocycles. The van der Waals surface area contributed by atoms with Gasteiger partial charge in [-0.2, -0.15) is 21.1 Å². The molecule has 0 spiro atoms. The van der Waals surface area contributed by atoms with Gasteiger partial charge in [-0.25, -0.2) is 8.42 Å². The maximum Gasteiger partial charge on any atom is 0.294 e. The van der Waals surface area contributed by atoms with Gasteiger partial charge in [0, 0.05) is 32.7 Å². The van der Waals surface area contributed by atoms with Crippen LogP contribution in [0.3, 0.4) is 0 Å². The average Bonchev–Trinajstić information content (AvgIpc) is 2.45. The van der Waals surface area contributed by atoms with E-state index in [1.165, 1.54) is 10.4 Å². The summed E-state index contributed by atoms with van der Waals surface area (Å²) in [6.45, 7) is 1.24. The first-order valence-corrected chi connectivity index (χ1v) is 11.8. The molecule has 1 heterocycles. The van der Waals surface area contributed by atoms with Crippen molar-refractivity contribution in [2.45, 2.75) is 16.3 Å². The Morgan fingerprint density at radius 3 is 1.92 bits per heavy atom. The van der Waals surface area contributed by atoms with Crippen LogP contribution in [0.2, 0.25) is 0 Å². The fourth-order valence-corrected chi connectivity index (χ4v) is 4.67. The van der Waals surface area contributed by atoms with Crippen LogP contribution in [0.4, 0.5) is 0 Å². The van der Waals surface area contributed by atoms with E-state index in [9.17, 15) is 29.8 Å². The number of rotatable bonds is 5. The van der Waals surface area contributed by atoms with Crippen molar-refractivity contribution in [1.82, 2.24) is 9.21 Å². The molecule has 0 amide bonds. The van der Waals surface area contributed by atoms with Crippen molar-refractivity contribution in [2.75, 3.05) is 32.4 Å². The lowest BCUT2D eigenvalue weighted by atomic mass is 10.2. The molecule has 142 valence electrons. The molecule has 13 heteroatoms. The molecule has 0 bridgehead atoms. The first kappa shape index (κ1) is 20.2. The van der Waals surface area contributed by atoms with Crippen molar-refractivity contribution < 1.29 is 34.4 Å². The molecular formula is C12H18N2O8S3. The standard InChI is InChI=1S/C12H18N2O8S3/c1-23(15,16)14-6-4-13(5-7-14)9-10-2-3-11(24(17,18)19)8-12(10)25(20,21)22/h2-3,8H,4-7,9H2,1H3,(H,17,18,19)(H,20,21,22). The molecule has 25 heavy (non-hydrogen) atoms. The molecule has 1 aromatic carbocycles. The Kier molecular flexibility index (Phi) is 5.59. The molecule has 1 saturated heterocycles. The van der Waals surface area contributed by atoms with Gasteiger partial charge in [-0.15, -0.1) is 0 Å². The van der Waals surface area contributed by atoms with Gasteiger partial charge < -0.3 is 0 Å². The average molecular weight is 414 g/mol. The van der Waals surface area contributed by atoms with Crippen LogP contribution >= 0.6 is 0 Å². The second-order valence-electron chi connectivity index (χ2n) is 5.66. The van der Waals surface area contributed by atoms with Gasteiger partial charge in [0.15, 0.2) is 0 Å². The van der Waals surface area contributed by atoms with E-state index >= 15 is 0 Å². The van der Waals surface area contributed by atoms with E-state index in [2.05, 4.69) is 0 Å². The van der Waals surface area contributed by atoms with Crippen LogP contribution in [0.15, 0.2) is 28.0 Å². The molecule has 0 aromatic heterocycles. The number of hydrogen-bond acceptors (Lipinski definition) is 7. The summed E-state index contributed by atoms with van der Waals surface area (Å²) >= 11 is 0. The zero-order valence-electron chi connectivity index (χ0n) is 13.2. The second kappa shape index (κ2) is 6.90. The van der Waals surface area contributed by atoms with Gasteiger partial charge in [-0.3, -0.25) is 14.0 Å². The summed E-state index contributed by atoms with van der Waals surface area (Å²) in [5.74, 6) is 0. The van der Waals surface area contributed by atoms with E-state index < -0.39 is 40.1 Å². The fourth-order valence-electron chi connectivity index (χ4n) is 2.53. The van der Waals surface area contributed by atoms with Crippen molar-refractivity contribution in [2.24, 2.45) is 0 Å². The predicted octanol–water partition coefficient (Wildman–Crippen LogP) is -0.743. The van der Waals surface area contributed by atoms with Crippen LogP contribution in [0.5, 0.6) is 0 Å². The molecule has 1 aliphatic rings. The van der Waals surface area contributed by atoms with Gasteiger partial charge in [0.2, 0.25) is 10.0 Å². The highest BCUT2D eigenvalue weighted by atomic mass is 32.2. The first-order valence-electron chi connectivity index (χ1n) is 7.04. The molecule has 10 nitrogen and oxygen atoms in total. The molecule has 1 fully saturated rings. The third-order valence-corrected chi connectivity index (χ3v) is 6.90. The van der Waals surface area contributed by atoms with E-state index in [4.69, 9.17) is 4.55 Å². The van der Waals surface area contributed by atoms with Gasteiger partial charge >= 0.3 is 0 Å². The smallest absolute Gasteiger partial charge is 0.294 e. The molecule has 0 atom stereocenters. The molecule has 2 N–H and O–H groups in total. The minimum Gasteiger partial charge on any atom is -0.296 e. The fraction of sp³-hybridized carbons (Fsp3) is 0.500. The normalized spacial score (nSPS) is 18.4. The molecule has 2 rings (SSSR count). The largest absolute Gasteiger partial charge is 0.296 e. The van der Waals surface area contributed by atoms with Gasteiger partial charge in [-0.1, -0.05) is 6.07 Å². The quantitative estimate of drug-likeness (QED) is 0.594. The Balaban J connectivity index is 2.26. The summed E-state index contributed by atoms with van der Waals surface area (Å²) in [6, 6.07) is 2.91. The van der Waals surface area contributed by atoms with Gasteiger partial charge in [0.1, 0.15) is 0 Å². The molecule has 0 saturated carbocycles. The van der Waals surface area contributed by atoms with Crippen molar-refractivity contribution in [3.05, 3.63) is 23.8 Å². The Hall–Kier alpha value is -1.09. The third-order valence-electron chi connectivity index (χ3n) is 3.81. The van der Waals surface area contributed by atoms with E-state index in [1.807, 2.05) is 0 Å². The SMILES string of the molecule is CS(=O)(=O)N1CCN(Cc2ccc(S(=O)(=O)O)cc2S(=O)(=O)O)CC1. The maximum atomic E-state index is 11.5. The lowest BCUT2D eigenvalue weighted by molar-refractivity contribution is 0.181. The summed E-state index contributed by atoms with van der Waals surface area (Å²) in [7, 11) is -12.6. The minimum absolute atomic E-state index is 0.0679. The predicted molar refractivity (Wildman–Crippen MR) is 87.8 cm³/mol. The molecular weight excluding hydrogens is 396 g/mol. The second-order valence-corrected chi connectivity index (χ2v) is 10.5. The summed E-state index contributed by atoms with van der Waals surface area (Å²) in [5.41, 5.74) is 0.141. The molecule has 0 unspecified atom stereocenters. The monoisotopic (exact) mass is 414 g/mol.